The zero-order valence-corrected chi connectivity index (χ0v) is 50.6. The third kappa shape index (κ3) is 55.4. The number of allylic oxidation sites excluding steroid dienone is 17. The monoisotopic (exact) mass is 1080 g/mol. The molecule has 0 aromatic rings. The molecule has 3 atom stereocenters. The van der Waals surface area contributed by atoms with Crippen molar-refractivity contribution in [2.45, 2.75) is 258 Å². The highest BCUT2D eigenvalue weighted by atomic mass is 31.2. The summed E-state index contributed by atoms with van der Waals surface area (Å²) in [4.78, 5) is 37.7. The number of phosphoric ester groups is 1. The van der Waals surface area contributed by atoms with Gasteiger partial charge in [-0.2, -0.15) is 0 Å². The number of hydrogen-bond donors (Lipinski definition) is 2. The SMILES string of the molecule is CC/C=C/C/C=C/C/C=C/C/C=C/C/C=C/CCC(=O)NC(COP(=O)(O)OCC[N+](C)(C)C)C(/C=C/CCCCCCCCCCCCC)OC(=O)CCCCCCCCCC/C=C\C/C=C\C/C=C\CCCCC. The van der Waals surface area contributed by atoms with Gasteiger partial charge in [0.1, 0.15) is 19.3 Å². The summed E-state index contributed by atoms with van der Waals surface area (Å²) in [5, 5.41) is 3.00. The van der Waals surface area contributed by atoms with Crippen molar-refractivity contribution in [3.8, 4) is 0 Å². The standard InChI is InChI=1S/C66H115N2O7P/c1-7-10-13-16-19-22-25-28-30-32-33-34-35-36-38-41-44-47-50-53-56-59-66(70)75-64(57-54-51-48-45-42-39-27-24-21-18-15-12-9-3)63(62-74-76(71,72)73-61-60-68(4,5)6)67-65(69)58-55-52-49-46-43-40-37-31-29-26-23-20-17-14-11-8-2/h11,14,19-20,22-23,28-31,33-34,40,43,49,52,54,57,63-64H,7-10,12-13,15-18,21,24-27,32,35-39,41-42,44-48,50-51,53,55-56,58-62H2,1-6H3,(H-,67,69,71,72)/p+1/b14-11+,22-19-,23-20+,30-28-,31-29+,34-33-,43-40+,52-49+,57-54+. The predicted octanol–water partition coefficient (Wildman–Crippen LogP) is 18.9. The van der Waals surface area contributed by atoms with Crippen LogP contribution in [0.25, 0.3) is 0 Å². The second-order valence-corrected chi connectivity index (χ2v) is 22.9. The Balaban J connectivity index is 5.39. The van der Waals surface area contributed by atoms with E-state index in [-0.39, 0.29) is 37.9 Å². The number of amides is 1. The van der Waals surface area contributed by atoms with Gasteiger partial charge in [0.05, 0.1) is 33.8 Å². The molecule has 0 aliphatic rings. The maximum absolute atomic E-state index is 13.5. The minimum atomic E-state index is -4.48. The molecule has 0 aliphatic heterocycles. The number of rotatable bonds is 54. The average Bonchev–Trinajstić information content (AvgIpc) is 3.38. The highest BCUT2D eigenvalue weighted by molar-refractivity contribution is 7.47. The van der Waals surface area contributed by atoms with Gasteiger partial charge in [0.25, 0.3) is 0 Å². The largest absolute Gasteiger partial charge is 0.472 e. The molecule has 0 radical (unpaired) electrons. The van der Waals surface area contributed by atoms with Crippen LogP contribution in [0.3, 0.4) is 0 Å². The van der Waals surface area contributed by atoms with Crippen LogP contribution >= 0.6 is 7.82 Å². The van der Waals surface area contributed by atoms with E-state index in [0.29, 0.717) is 17.4 Å². The van der Waals surface area contributed by atoms with Crippen molar-refractivity contribution < 1.29 is 37.3 Å². The van der Waals surface area contributed by atoms with E-state index in [9.17, 15) is 19.0 Å². The van der Waals surface area contributed by atoms with Gasteiger partial charge in [-0.15, -0.1) is 0 Å². The van der Waals surface area contributed by atoms with Crippen molar-refractivity contribution in [3.05, 3.63) is 109 Å². The molecule has 0 saturated heterocycles. The van der Waals surface area contributed by atoms with Gasteiger partial charge < -0.3 is 19.4 Å². The molecule has 0 saturated carbocycles. The van der Waals surface area contributed by atoms with E-state index < -0.39 is 20.0 Å². The van der Waals surface area contributed by atoms with Gasteiger partial charge in [-0.3, -0.25) is 18.6 Å². The molecule has 0 rings (SSSR count). The topological polar surface area (TPSA) is 111 Å². The Morgan fingerprint density at radius 3 is 1.32 bits per heavy atom. The molecule has 0 aromatic heterocycles. The first-order chi connectivity index (χ1) is 36.9. The number of carbonyl (C=O) groups excluding carboxylic acids is 2. The number of esters is 1. The minimum Gasteiger partial charge on any atom is -0.456 e. The fourth-order valence-corrected chi connectivity index (χ4v) is 8.96. The Morgan fingerprint density at radius 1 is 0.474 bits per heavy atom. The number of nitrogens with one attached hydrogen (secondary N) is 1. The van der Waals surface area contributed by atoms with Gasteiger partial charge in [-0.05, 0) is 102 Å². The van der Waals surface area contributed by atoms with Crippen LogP contribution in [0.1, 0.15) is 245 Å². The summed E-state index contributed by atoms with van der Waals surface area (Å²) >= 11 is 0. The van der Waals surface area contributed by atoms with Gasteiger partial charge in [-0.1, -0.05) is 240 Å². The Bertz CT molecular complexity index is 1670. The highest BCUT2D eigenvalue weighted by Crippen LogP contribution is 2.43. The Labute approximate surface area is 468 Å². The third-order valence-electron chi connectivity index (χ3n) is 13.0. The molecule has 0 aromatic carbocycles. The summed E-state index contributed by atoms with van der Waals surface area (Å²) < 4.78 is 30.6. The first kappa shape index (κ1) is 72.7. The molecule has 0 fully saturated rings. The summed E-state index contributed by atoms with van der Waals surface area (Å²) in [5.41, 5.74) is 0. The first-order valence-corrected chi connectivity index (χ1v) is 32.2. The number of likely N-dealkylation sites (N-methyl/N-ethyl adjacent to an activating group) is 1. The second-order valence-electron chi connectivity index (χ2n) is 21.5. The normalized spacial score (nSPS) is 14.5. The molecule has 10 heteroatoms. The summed E-state index contributed by atoms with van der Waals surface area (Å²) in [7, 11) is 1.43. The molecule has 0 bridgehead atoms. The van der Waals surface area contributed by atoms with E-state index in [4.69, 9.17) is 13.8 Å². The summed E-state index contributed by atoms with van der Waals surface area (Å²) in [6, 6.07) is -0.898. The van der Waals surface area contributed by atoms with Crippen LogP contribution in [-0.4, -0.2) is 74.3 Å². The number of nitrogens with zero attached hydrogens (tertiary/aromatic N) is 1. The molecule has 2 N–H and O–H groups in total. The highest BCUT2D eigenvalue weighted by Gasteiger charge is 2.30. The maximum atomic E-state index is 13.5. The molecule has 436 valence electrons. The van der Waals surface area contributed by atoms with Gasteiger partial charge in [-0.25, -0.2) is 4.57 Å². The van der Waals surface area contributed by atoms with Crippen molar-refractivity contribution in [3.63, 3.8) is 0 Å². The van der Waals surface area contributed by atoms with Crippen LogP contribution in [0.2, 0.25) is 0 Å². The number of quaternary nitrogens is 1. The van der Waals surface area contributed by atoms with Crippen molar-refractivity contribution in [1.82, 2.24) is 5.32 Å². The lowest BCUT2D eigenvalue weighted by Gasteiger charge is -2.27. The zero-order valence-electron chi connectivity index (χ0n) is 49.7. The number of ether oxygens (including phenoxy) is 1. The van der Waals surface area contributed by atoms with Gasteiger partial charge in [0.2, 0.25) is 5.91 Å². The summed E-state index contributed by atoms with van der Waals surface area (Å²) in [5.74, 6) is -0.615. The zero-order chi connectivity index (χ0) is 55.7. The minimum absolute atomic E-state index is 0.0205. The quantitative estimate of drug-likeness (QED) is 0.0205. The van der Waals surface area contributed by atoms with E-state index in [1.807, 2.05) is 39.4 Å². The first-order valence-electron chi connectivity index (χ1n) is 30.7. The Morgan fingerprint density at radius 2 is 0.855 bits per heavy atom. The number of phosphoric acid groups is 1. The molecule has 0 spiro atoms. The smallest absolute Gasteiger partial charge is 0.456 e. The third-order valence-corrected chi connectivity index (χ3v) is 13.9. The van der Waals surface area contributed by atoms with Crippen LogP contribution < -0.4 is 5.32 Å². The van der Waals surface area contributed by atoms with E-state index in [1.54, 1.807) is 0 Å². The van der Waals surface area contributed by atoms with Crippen LogP contribution in [0.15, 0.2) is 109 Å². The number of hydrogen-bond acceptors (Lipinski definition) is 6. The molecule has 1 amide bonds. The summed E-state index contributed by atoms with van der Waals surface area (Å²) in [6.45, 7) is 6.80. The molecule has 9 nitrogen and oxygen atoms in total. The fraction of sp³-hybridized carbons (Fsp3) is 0.697. The van der Waals surface area contributed by atoms with Gasteiger partial charge >= 0.3 is 13.8 Å². The van der Waals surface area contributed by atoms with Gasteiger partial charge in [0, 0.05) is 12.8 Å². The maximum Gasteiger partial charge on any atom is 0.472 e. The lowest BCUT2D eigenvalue weighted by atomic mass is 10.0. The second kappa shape index (κ2) is 55.0. The van der Waals surface area contributed by atoms with E-state index >= 15 is 0 Å². The molecule has 76 heavy (non-hydrogen) atoms. The summed E-state index contributed by atoms with van der Waals surface area (Å²) in [6.07, 6.45) is 75.3. The van der Waals surface area contributed by atoms with Crippen LogP contribution in [0.4, 0.5) is 0 Å². The average molecular weight is 1080 g/mol. The van der Waals surface area contributed by atoms with Crippen molar-refractivity contribution >= 4 is 19.7 Å². The van der Waals surface area contributed by atoms with E-state index in [0.717, 1.165) is 96.3 Å². The van der Waals surface area contributed by atoms with E-state index in [1.165, 1.54) is 109 Å². The fourth-order valence-electron chi connectivity index (χ4n) is 8.23. The molecular weight excluding hydrogens is 964 g/mol. The van der Waals surface area contributed by atoms with Crippen molar-refractivity contribution in [2.75, 3.05) is 40.9 Å². The molecule has 0 aliphatic carbocycles. The van der Waals surface area contributed by atoms with Crippen molar-refractivity contribution in [1.29, 1.82) is 0 Å². The van der Waals surface area contributed by atoms with Gasteiger partial charge in [0.15, 0.2) is 0 Å². The lowest BCUT2D eigenvalue weighted by molar-refractivity contribution is -0.870. The van der Waals surface area contributed by atoms with E-state index in [2.05, 4.69) is 117 Å². The Kier molecular flexibility index (Phi) is 52.6. The molecule has 3 unspecified atom stereocenters. The predicted molar refractivity (Wildman–Crippen MR) is 327 cm³/mol. The molecule has 0 heterocycles. The number of unbranched alkanes of at least 4 members (excludes halogenated alkanes) is 22. The van der Waals surface area contributed by atoms with Crippen LogP contribution in [0.5, 0.6) is 0 Å². The Hall–Kier alpha value is -3.33. The molecular formula is C66H116N2O7P+. The van der Waals surface area contributed by atoms with Crippen molar-refractivity contribution in [2.24, 2.45) is 0 Å². The number of carbonyl (C=O) groups is 2. The van der Waals surface area contributed by atoms with Crippen LogP contribution in [0, 0.1) is 0 Å². The van der Waals surface area contributed by atoms with Crippen LogP contribution in [-0.2, 0) is 27.9 Å². The lowest BCUT2D eigenvalue weighted by Crippen LogP contribution is -2.47.